The second kappa shape index (κ2) is 8.45. The van der Waals surface area contributed by atoms with Crippen molar-refractivity contribution in [3.05, 3.63) is 83.9 Å². The molecule has 0 spiro atoms. The number of rotatable bonds is 6. The Morgan fingerprint density at radius 3 is 1.82 bits per heavy atom. The van der Waals surface area contributed by atoms with Crippen LogP contribution >= 0.6 is 0 Å². The van der Waals surface area contributed by atoms with Gasteiger partial charge in [0.25, 0.3) is 0 Å². The zero-order valence-corrected chi connectivity index (χ0v) is 14.3. The van der Waals surface area contributed by atoms with E-state index in [9.17, 15) is 19.2 Å². The minimum atomic E-state index is -0.816. The van der Waals surface area contributed by atoms with Crippen molar-refractivity contribution in [3.8, 4) is 11.5 Å². The first-order valence-electron chi connectivity index (χ1n) is 7.96. The van der Waals surface area contributed by atoms with Crippen molar-refractivity contribution in [3.63, 3.8) is 0 Å². The average Bonchev–Trinajstić information content (AvgIpc) is 2.75. The number of pyridine rings is 2. The minimum Gasteiger partial charge on any atom is -0.419 e. The molecular weight excluding hydrogens is 364 g/mol. The number of esters is 2. The lowest BCUT2D eigenvalue weighted by Gasteiger charge is -2.11. The third kappa shape index (κ3) is 4.31. The van der Waals surface area contributed by atoms with E-state index in [2.05, 4.69) is 9.97 Å². The molecule has 3 rings (SSSR count). The second-order valence-corrected chi connectivity index (χ2v) is 5.41. The standard InChI is InChI=1S/C20H12N2O6/c23-12-16(24)13-5-6-17(27-19(25)14-3-1-7-21-10-14)18(9-13)28-20(26)15-4-2-8-22-11-15/h1-12H. The van der Waals surface area contributed by atoms with Crippen LogP contribution < -0.4 is 9.47 Å². The summed E-state index contributed by atoms with van der Waals surface area (Å²) >= 11 is 0. The lowest BCUT2D eigenvalue weighted by Crippen LogP contribution is -2.13. The van der Waals surface area contributed by atoms with E-state index in [0.29, 0.717) is 0 Å². The fraction of sp³-hybridized carbons (Fsp3) is 0. The molecule has 0 aliphatic rings. The summed E-state index contributed by atoms with van der Waals surface area (Å²) in [6, 6.07) is 9.79. The Hall–Kier alpha value is -4.20. The van der Waals surface area contributed by atoms with Crippen LogP contribution in [0.4, 0.5) is 0 Å². The Kier molecular flexibility index (Phi) is 5.61. The van der Waals surface area contributed by atoms with Crippen molar-refractivity contribution in [1.82, 2.24) is 9.97 Å². The number of aromatic nitrogens is 2. The maximum atomic E-state index is 12.3. The Labute approximate surface area is 158 Å². The Morgan fingerprint density at radius 2 is 1.32 bits per heavy atom. The molecule has 0 unspecified atom stereocenters. The Balaban J connectivity index is 1.92. The lowest BCUT2D eigenvalue weighted by atomic mass is 10.1. The summed E-state index contributed by atoms with van der Waals surface area (Å²) in [5, 5.41) is 0. The summed E-state index contributed by atoms with van der Waals surface area (Å²) in [4.78, 5) is 54.6. The highest BCUT2D eigenvalue weighted by Gasteiger charge is 2.18. The van der Waals surface area contributed by atoms with Gasteiger partial charge in [0, 0.05) is 30.4 Å². The number of nitrogens with zero attached hydrogens (tertiary/aromatic N) is 2. The van der Waals surface area contributed by atoms with Crippen molar-refractivity contribution < 1.29 is 28.7 Å². The first-order valence-corrected chi connectivity index (χ1v) is 7.96. The molecule has 0 saturated heterocycles. The summed E-state index contributed by atoms with van der Waals surface area (Å²) in [7, 11) is 0. The summed E-state index contributed by atoms with van der Waals surface area (Å²) < 4.78 is 10.5. The molecule has 0 saturated carbocycles. The first kappa shape index (κ1) is 18.6. The number of hydrogen-bond donors (Lipinski definition) is 0. The van der Waals surface area contributed by atoms with Gasteiger partial charge in [0.05, 0.1) is 11.1 Å². The Morgan fingerprint density at radius 1 is 0.750 bits per heavy atom. The number of benzene rings is 1. The van der Waals surface area contributed by atoms with Crippen LogP contribution in [0.25, 0.3) is 0 Å². The number of ether oxygens (including phenoxy) is 2. The maximum Gasteiger partial charge on any atom is 0.345 e. The van der Waals surface area contributed by atoms with Gasteiger partial charge in [-0.1, -0.05) is 0 Å². The minimum absolute atomic E-state index is 0.0230. The fourth-order valence-corrected chi connectivity index (χ4v) is 2.18. The normalized spacial score (nSPS) is 10.0. The van der Waals surface area contributed by atoms with Crippen LogP contribution in [-0.4, -0.2) is 34.0 Å². The zero-order valence-electron chi connectivity index (χ0n) is 14.3. The highest BCUT2D eigenvalue weighted by atomic mass is 16.6. The number of carbonyl (C=O) groups is 4. The van der Waals surface area contributed by atoms with Gasteiger partial charge in [-0.2, -0.15) is 0 Å². The van der Waals surface area contributed by atoms with Crippen molar-refractivity contribution >= 4 is 24.0 Å². The summed E-state index contributed by atoms with van der Waals surface area (Å²) in [5.74, 6) is -2.63. The number of Topliss-reactive ketones (excluding diaryl/α,β-unsaturated/α-hetero) is 1. The molecule has 8 nitrogen and oxygen atoms in total. The van der Waals surface area contributed by atoms with E-state index in [-0.39, 0.29) is 34.5 Å². The Bertz CT molecular complexity index is 1040. The van der Waals surface area contributed by atoms with Crippen LogP contribution in [0.2, 0.25) is 0 Å². The number of ketones is 1. The highest BCUT2D eigenvalue weighted by Crippen LogP contribution is 2.30. The van der Waals surface area contributed by atoms with Crippen LogP contribution in [0.15, 0.2) is 67.3 Å². The average molecular weight is 376 g/mol. The molecule has 0 N–H and O–H groups in total. The first-order chi connectivity index (χ1) is 13.6. The van der Waals surface area contributed by atoms with Crippen LogP contribution in [0, 0.1) is 0 Å². The third-order valence-electron chi connectivity index (χ3n) is 3.54. The van der Waals surface area contributed by atoms with Crippen LogP contribution in [0.1, 0.15) is 31.1 Å². The molecule has 0 aliphatic carbocycles. The van der Waals surface area contributed by atoms with E-state index in [0.717, 1.165) is 6.07 Å². The van der Waals surface area contributed by atoms with Gasteiger partial charge in [0.2, 0.25) is 5.78 Å². The molecule has 1 aromatic carbocycles. The van der Waals surface area contributed by atoms with E-state index in [1.165, 1.54) is 49.1 Å². The zero-order chi connectivity index (χ0) is 19.9. The van der Waals surface area contributed by atoms with Crippen LogP contribution in [0.5, 0.6) is 11.5 Å². The van der Waals surface area contributed by atoms with Gasteiger partial charge < -0.3 is 9.47 Å². The van der Waals surface area contributed by atoms with E-state index in [4.69, 9.17) is 9.47 Å². The number of aldehydes is 1. The van der Waals surface area contributed by atoms with Gasteiger partial charge in [-0.15, -0.1) is 0 Å². The predicted molar refractivity (Wildman–Crippen MR) is 95.2 cm³/mol. The predicted octanol–water partition coefficient (Wildman–Crippen LogP) is 2.30. The molecule has 8 heteroatoms. The largest absolute Gasteiger partial charge is 0.419 e. The summed E-state index contributed by atoms with van der Waals surface area (Å²) in [6.45, 7) is 0. The van der Waals surface area contributed by atoms with Gasteiger partial charge in [0.1, 0.15) is 0 Å². The quantitative estimate of drug-likeness (QED) is 0.212. The fourth-order valence-electron chi connectivity index (χ4n) is 2.18. The van der Waals surface area contributed by atoms with Gasteiger partial charge in [-0.25, -0.2) is 9.59 Å². The van der Waals surface area contributed by atoms with E-state index < -0.39 is 17.7 Å². The maximum absolute atomic E-state index is 12.3. The van der Waals surface area contributed by atoms with E-state index in [1.54, 1.807) is 12.1 Å². The molecule has 0 bridgehead atoms. The van der Waals surface area contributed by atoms with E-state index in [1.807, 2.05) is 0 Å². The summed E-state index contributed by atoms with van der Waals surface area (Å²) in [5.41, 5.74) is 0.310. The SMILES string of the molecule is O=CC(=O)c1ccc(OC(=O)c2cccnc2)c(OC(=O)c2cccnc2)c1. The molecule has 2 heterocycles. The molecule has 0 fully saturated rings. The molecule has 0 radical (unpaired) electrons. The van der Waals surface area contributed by atoms with Crippen molar-refractivity contribution in [2.75, 3.05) is 0 Å². The molecule has 0 aliphatic heterocycles. The second-order valence-electron chi connectivity index (χ2n) is 5.41. The highest BCUT2D eigenvalue weighted by molar-refractivity contribution is 6.33. The number of carbonyl (C=O) groups excluding carboxylic acids is 4. The molecule has 138 valence electrons. The molecule has 0 atom stereocenters. The van der Waals surface area contributed by atoms with Gasteiger partial charge in [0.15, 0.2) is 17.8 Å². The van der Waals surface area contributed by atoms with Crippen molar-refractivity contribution in [1.29, 1.82) is 0 Å². The van der Waals surface area contributed by atoms with Gasteiger partial charge in [-0.3, -0.25) is 19.6 Å². The monoisotopic (exact) mass is 376 g/mol. The molecular formula is C20H12N2O6. The van der Waals surface area contributed by atoms with Gasteiger partial charge >= 0.3 is 11.9 Å². The molecule has 0 amide bonds. The molecule has 3 aromatic rings. The smallest absolute Gasteiger partial charge is 0.345 e. The lowest BCUT2D eigenvalue weighted by molar-refractivity contribution is -0.104. The molecule has 2 aromatic heterocycles. The van der Waals surface area contributed by atoms with Crippen LogP contribution in [0.3, 0.4) is 0 Å². The third-order valence-corrected chi connectivity index (χ3v) is 3.54. The van der Waals surface area contributed by atoms with E-state index >= 15 is 0 Å². The topological polar surface area (TPSA) is 113 Å². The van der Waals surface area contributed by atoms with Crippen molar-refractivity contribution in [2.24, 2.45) is 0 Å². The summed E-state index contributed by atoms with van der Waals surface area (Å²) in [6.07, 6.45) is 5.72. The number of hydrogen-bond acceptors (Lipinski definition) is 8. The van der Waals surface area contributed by atoms with Crippen molar-refractivity contribution in [2.45, 2.75) is 0 Å². The molecule has 28 heavy (non-hydrogen) atoms. The van der Waals surface area contributed by atoms with Crippen LogP contribution in [-0.2, 0) is 4.79 Å². The van der Waals surface area contributed by atoms with Gasteiger partial charge in [-0.05, 0) is 42.5 Å².